The van der Waals surface area contributed by atoms with E-state index in [9.17, 15) is 4.79 Å². The normalized spacial score (nSPS) is 22.1. The average molecular weight is 366 g/mol. The van der Waals surface area contributed by atoms with Crippen LogP contribution >= 0.6 is 0 Å². The van der Waals surface area contributed by atoms with Crippen molar-refractivity contribution in [3.63, 3.8) is 0 Å². The van der Waals surface area contributed by atoms with Gasteiger partial charge in [0.05, 0.1) is 11.7 Å². The van der Waals surface area contributed by atoms with E-state index in [2.05, 4.69) is 29.1 Å². The lowest BCUT2D eigenvalue weighted by Crippen LogP contribution is -2.41. The van der Waals surface area contributed by atoms with E-state index in [-0.39, 0.29) is 23.3 Å². The Labute approximate surface area is 159 Å². The molecule has 1 atom stereocenters. The standard InChI is InChI=1S/C21H26N4O2/c1-21(2)11-17-16(13-23-19(24-17)14-3-7-22-8-4-14)18(12-21)25-20(26)15-5-9-27-10-6-15/h3-4,7-8,13,15,18H,5-6,9-12H2,1-2H3,(H,25,26)/t18-/m1/s1. The predicted molar refractivity (Wildman–Crippen MR) is 102 cm³/mol. The molecule has 0 radical (unpaired) electrons. The Morgan fingerprint density at radius 2 is 1.96 bits per heavy atom. The molecule has 1 fully saturated rings. The monoisotopic (exact) mass is 366 g/mol. The van der Waals surface area contributed by atoms with Crippen LogP contribution < -0.4 is 5.32 Å². The molecule has 1 N–H and O–H groups in total. The van der Waals surface area contributed by atoms with Gasteiger partial charge in [0.15, 0.2) is 5.82 Å². The minimum absolute atomic E-state index is 0.0365. The molecule has 2 aromatic rings. The molecule has 1 aliphatic carbocycles. The van der Waals surface area contributed by atoms with Gasteiger partial charge in [-0.3, -0.25) is 9.78 Å². The van der Waals surface area contributed by atoms with Crippen molar-refractivity contribution in [1.82, 2.24) is 20.3 Å². The lowest BCUT2D eigenvalue weighted by Gasteiger charge is -2.37. The number of hydrogen-bond donors (Lipinski definition) is 1. The van der Waals surface area contributed by atoms with Crippen LogP contribution in [-0.2, 0) is 16.0 Å². The number of amides is 1. The van der Waals surface area contributed by atoms with Gasteiger partial charge in [-0.1, -0.05) is 13.8 Å². The topological polar surface area (TPSA) is 77.0 Å². The fraction of sp³-hybridized carbons (Fsp3) is 0.524. The molecule has 4 rings (SSSR count). The first kappa shape index (κ1) is 18.0. The molecule has 0 bridgehead atoms. The van der Waals surface area contributed by atoms with Crippen LogP contribution in [0, 0.1) is 11.3 Å². The number of fused-ring (bicyclic) bond motifs is 1. The molecule has 1 saturated heterocycles. The van der Waals surface area contributed by atoms with Gasteiger partial charge >= 0.3 is 0 Å². The Hall–Kier alpha value is -2.34. The molecule has 27 heavy (non-hydrogen) atoms. The first-order valence-corrected chi connectivity index (χ1v) is 9.66. The summed E-state index contributed by atoms with van der Waals surface area (Å²) in [6.45, 7) is 5.81. The number of pyridine rings is 1. The number of nitrogens with zero attached hydrogens (tertiary/aromatic N) is 3. The van der Waals surface area contributed by atoms with Crippen molar-refractivity contribution in [1.29, 1.82) is 0 Å². The van der Waals surface area contributed by atoms with Gasteiger partial charge in [0.1, 0.15) is 0 Å². The highest BCUT2D eigenvalue weighted by Gasteiger charge is 2.35. The second kappa shape index (κ2) is 7.35. The van der Waals surface area contributed by atoms with E-state index < -0.39 is 0 Å². The highest BCUT2D eigenvalue weighted by atomic mass is 16.5. The summed E-state index contributed by atoms with van der Waals surface area (Å²) in [5.74, 6) is 0.887. The lowest BCUT2D eigenvalue weighted by atomic mass is 9.74. The van der Waals surface area contributed by atoms with Crippen LogP contribution in [0.15, 0.2) is 30.7 Å². The molecule has 0 aromatic carbocycles. The van der Waals surface area contributed by atoms with Crippen molar-refractivity contribution in [3.05, 3.63) is 42.0 Å². The molecule has 6 nitrogen and oxygen atoms in total. The van der Waals surface area contributed by atoms with Crippen molar-refractivity contribution in [2.45, 2.75) is 45.6 Å². The molecular weight excluding hydrogens is 340 g/mol. The van der Waals surface area contributed by atoms with E-state index in [1.54, 1.807) is 12.4 Å². The highest BCUT2D eigenvalue weighted by molar-refractivity contribution is 5.79. The quantitative estimate of drug-likeness (QED) is 0.903. The van der Waals surface area contributed by atoms with Crippen molar-refractivity contribution >= 4 is 5.91 Å². The summed E-state index contributed by atoms with van der Waals surface area (Å²) in [6.07, 6.45) is 8.76. The fourth-order valence-corrected chi connectivity index (χ4v) is 4.07. The van der Waals surface area contributed by atoms with Crippen molar-refractivity contribution in [3.8, 4) is 11.4 Å². The molecule has 0 saturated carbocycles. The van der Waals surface area contributed by atoms with Gasteiger partial charge in [0.2, 0.25) is 5.91 Å². The molecule has 1 amide bonds. The van der Waals surface area contributed by atoms with E-state index >= 15 is 0 Å². The van der Waals surface area contributed by atoms with Crippen LogP contribution in [0.4, 0.5) is 0 Å². The number of carbonyl (C=O) groups is 1. The summed E-state index contributed by atoms with van der Waals surface area (Å²) >= 11 is 0. The first-order valence-electron chi connectivity index (χ1n) is 9.66. The number of ether oxygens (including phenoxy) is 1. The third-order valence-corrected chi connectivity index (χ3v) is 5.53. The summed E-state index contributed by atoms with van der Waals surface area (Å²) in [5.41, 5.74) is 3.11. The van der Waals surface area contributed by atoms with Gasteiger partial charge in [-0.25, -0.2) is 9.97 Å². The highest BCUT2D eigenvalue weighted by Crippen LogP contribution is 2.40. The van der Waals surface area contributed by atoms with Crippen LogP contribution in [0.5, 0.6) is 0 Å². The van der Waals surface area contributed by atoms with Crippen LogP contribution in [0.3, 0.4) is 0 Å². The van der Waals surface area contributed by atoms with Crippen LogP contribution in [0.1, 0.15) is 50.4 Å². The summed E-state index contributed by atoms with van der Waals surface area (Å²) in [5, 5.41) is 3.28. The van der Waals surface area contributed by atoms with Crippen molar-refractivity contribution < 1.29 is 9.53 Å². The maximum atomic E-state index is 12.8. The first-order chi connectivity index (χ1) is 13.0. The molecule has 0 spiro atoms. The number of carbonyl (C=O) groups excluding carboxylic acids is 1. The zero-order valence-electron chi connectivity index (χ0n) is 15.9. The number of aromatic nitrogens is 3. The second-order valence-electron chi connectivity index (χ2n) is 8.32. The lowest BCUT2D eigenvalue weighted by molar-refractivity contribution is -0.128. The number of hydrogen-bond acceptors (Lipinski definition) is 5. The van der Waals surface area contributed by atoms with Crippen molar-refractivity contribution in [2.24, 2.45) is 11.3 Å². The maximum absolute atomic E-state index is 12.8. The predicted octanol–water partition coefficient (Wildman–Crippen LogP) is 3.09. The SMILES string of the molecule is CC1(C)Cc2nc(-c3ccncc3)ncc2[C@H](NC(=O)C2CCOCC2)C1. The molecule has 6 heteroatoms. The Bertz CT molecular complexity index is 816. The Balaban J connectivity index is 1.60. The minimum atomic E-state index is -0.0365. The zero-order valence-corrected chi connectivity index (χ0v) is 15.9. The van der Waals surface area contributed by atoms with Gasteiger partial charge in [-0.2, -0.15) is 0 Å². The van der Waals surface area contributed by atoms with Gasteiger partial charge < -0.3 is 10.1 Å². The molecular formula is C21H26N4O2. The smallest absolute Gasteiger partial charge is 0.223 e. The molecule has 1 aliphatic heterocycles. The molecule has 2 aromatic heterocycles. The second-order valence-corrected chi connectivity index (χ2v) is 8.32. The Kier molecular flexibility index (Phi) is 4.91. The minimum Gasteiger partial charge on any atom is -0.381 e. The van der Waals surface area contributed by atoms with Crippen molar-refractivity contribution in [2.75, 3.05) is 13.2 Å². The third kappa shape index (κ3) is 4.00. The average Bonchev–Trinajstić information content (AvgIpc) is 2.68. The molecule has 3 heterocycles. The van der Waals surface area contributed by atoms with Gasteiger partial charge in [0.25, 0.3) is 0 Å². The van der Waals surface area contributed by atoms with E-state index in [4.69, 9.17) is 9.72 Å². The van der Waals surface area contributed by atoms with E-state index in [0.717, 1.165) is 42.5 Å². The number of nitrogens with one attached hydrogen (secondary N) is 1. The van der Waals surface area contributed by atoms with Gasteiger partial charge in [-0.05, 0) is 43.2 Å². The van der Waals surface area contributed by atoms with E-state index in [0.29, 0.717) is 19.0 Å². The Morgan fingerprint density at radius 1 is 1.22 bits per heavy atom. The molecule has 2 aliphatic rings. The van der Waals surface area contributed by atoms with Crippen LogP contribution in [0.2, 0.25) is 0 Å². The third-order valence-electron chi connectivity index (χ3n) is 5.53. The Morgan fingerprint density at radius 3 is 2.70 bits per heavy atom. The van der Waals surface area contributed by atoms with Gasteiger partial charge in [-0.15, -0.1) is 0 Å². The summed E-state index contributed by atoms with van der Waals surface area (Å²) in [7, 11) is 0. The van der Waals surface area contributed by atoms with Crippen LogP contribution in [-0.4, -0.2) is 34.1 Å². The van der Waals surface area contributed by atoms with Crippen LogP contribution in [0.25, 0.3) is 11.4 Å². The summed E-state index contributed by atoms with van der Waals surface area (Å²) < 4.78 is 5.38. The van der Waals surface area contributed by atoms with E-state index in [1.807, 2.05) is 18.3 Å². The molecule has 142 valence electrons. The zero-order chi connectivity index (χ0) is 18.9. The van der Waals surface area contributed by atoms with E-state index in [1.165, 1.54) is 0 Å². The largest absolute Gasteiger partial charge is 0.381 e. The fourth-order valence-electron chi connectivity index (χ4n) is 4.07. The summed E-state index contributed by atoms with van der Waals surface area (Å²) in [6, 6.07) is 3.80. The maximum Gasteiger partial charge on any atom is 0.223 e. The molecule has 0 unspecified atom stereocenters. The summed E-state index contributed by atoms with van der Waals surface area (Å²) in [4.78, 5) is 26.2. The number of rotatable bonds is 3. The van der Waals surface area contributed by atoms with Gasteiger partial charge in [0, 0.05) is 48.8 Å².